The Kier molecular flexibility index (Phi) is 7.11. The molecule has 0 bridgehead atoms. The third-order valence-electron chi connectivity index (χ3n) is 4.75. The van der Waals surface area contributed by atoms with Crippen molar-refractivity contribution in [3.63, 3.8) is 0 Å². The number of nitrogens with zero attached hydrogens (tertiary/aromatic N) is 3. The molecule has 3 aromatic carbocycles. The molecule has 0 aliphatic heterocycles. The first kappa shape index (κ1) is 22.2. The predicted octanol–water partition coefficient (Wildman–Crippen LogP) is 3.98. The van der Waals surface area contributed by atoms with E-state index in [4.69, 9.17) is 15.3 Å². The van der Waals surface area contributed by atoms with Crippen LogP contribution < -0.4 is 20.6 Å². The molecule has 33 heavy (non-hydrogen) atoms. The maximum absolute atomic E-state index is 12.4. The zero-order valence-electron chi connectivity index (χ0n) is 18.0. The highest BCUT2D eigenvalue weighted by Crippen LogP contribution is 2.22. The summed E-state index contributed by atoms with van der Waals surface area (Å²) in [5.74, 6) is 7.82. The van der Waals surface area contributed by atoms with E-state index in [-0.39, 0.29) is 18.3 Å². The topological polar surface area (TPSA) is 104 Å². The molecule has 168 valence electrons. The monoisotopic (exact) mass is 461 g/mol. The molecule has 0 saturated heterocycles. The van der Waals surface area contributed by atoms with Crippen LogP contribution in [0.3, 0.4) is 0 Å². The number of nitrogens with one attached hydrogen (secondary N) is 1. The molecule has 1 heterocycles. The minimum Gasteiger partial charge on any atom is -0.497 e. The van der Waals surface area contributed by atoms with Crippen LogP contribution in [0, 0.1) is 0 Å². The van der Waals surface area contributed by atoms with Gasteiger partial charge in [-0.05, 0) is 35.4 Å². The number of rotatable bonds is 9. The molecule has 0 atom stereocenters. The first-order valence-corrected chi connectivity index (χ1v) is 11.2. The Morgan fingerprint density at radius 1 is 0.970 bits per heavy atom. The van der Waals surface area contributed by atoms with Gasteiger partial charge in [-0.15, -0.1) is 10.2 Å². The highest BCUT2D eigenvalue weighted by molar-refractivity contribution is 7.99. The van der Waals surface area contributed by atoms with Crippen molar-refractivity contribution in [3.8, 4) is 22.6 Å². The summed E-state index contributed by atoms with van der Waals surface area (Å²) < 4.78 is 12.2. The fourth-order valence-electron chi connectivity index (χ4n) is 3.05. The first-order chi connectivity index (χ1) is 16.1. The molecule has 1 amide bonds. The first-order valence-electron chi connectivity index (χ1n) is 10.2. The number of hydrogen-bond donors (Lipinski definition) is 2. The Morgan fingerprint density at radius 3 is 2.45 bits per heavy atom. The SMILES string of the molecule is COc1cccc(OCc2nnc(SCC(=O)Nc3ccc(-c4ccccc4)cc3)n2N)c1. The van der Waals surface area contributed by atoms with Crippen LogP contribution in [0.25, 0.3) is 11.1 Å². The van der Waals surface area contributed by atoms with Gasteiger partial charge < -0.3 is 20.6 Å². The maximum Gasteiger partial charge on any atom is 0.234 e. The molecular formula is C24H23N5O3S. The van der Waals surface area contributed by atoms with E-state index in [1.165, 1.54) is 16.4 Å². The van der Waals surface area contributed by atoms with Gasteiger partial charge in [0.1, 0.15) is 18.1 Å². The zero-order chi connectivity index (χ0) is 23.0. The van der Waals surface area contributed by atoms with E-state index < -0.39 is 0 Å². The van der Waals surface area contributed by atoms with Gasteiger partial charge >= 0.3 is 0 Å². The van der Waals surface area contributed by atoms with Crippen molar-refractivity contribution in [2.45, 2.75) is 11.8 Å². The third-order valence-corrected chi connectivity index (χ3v) is 5.70. The molecule has 9 heteroatoms. The highest BCUT2D eigenvalue weighted by Gasteiger charge is 2.13. The largest absolute Gasteiger partial charge is 0.497 e. The van der Waals surface area contributed by atoms with Crippen molar-refractivity contribution in [2.24, 2.45) is 0 Å². The van der Waals surface area contributed by atoms with E-state index in [0.717, 1.165) is 16.8 Å². The number of thioether (sulfide) groups is 1. The Hall–Kier alpha value is -3.98. The number of methoxy groups -OCH3 is 1. The van der Waals surface area contributed by atoms with Crippen LogP contribution in [-0.2, 0) is 11.4 Å². The Morgan fingerprint density at radius 2 is 1.70 bits per heavy atom. The second-order valence-electron chi connectivity index (χ2n) is 7.02. The standard InChI is InChI=1S/C24H23N5O3S/c1-31-20-8-5-9-21(14-20)32-15-22-27-28-24(29(22)25)33-16-23(30)26-19-12-10-18(11-13-19)17-6-3-2-4-7-17/h2-14H,15-16,25H2,1H3,(H,26,30). The van der Waals surface area contributed by atoms with E-state index in [2.05, 4.69) is 15.5 Å². The lowest BCUT2D eigenvalue weighted by molar-refractivity contribution is -0.113. The van der Waals surface area contributed by atoms with Crippen LogP contribution >= 0.6 is 11.8 Å². The van der Waals surface area contributed by atoms with Crippen molar-refractivity contribution in [1.82, 2.24) is 14.9 Å². The molecule has 8 nitrogen and oxygen atoms in total. The summed E-state index contributed by atoms with van der Waals surface area (Å²) in [7, 11) is 1.59. The molecule has 0 radical (unpaired) electrons. The van der Waals surface area contributed by atoms with E-state index in [1.807, 2.05) is 72.8 Å². The van der Waals surface area contributed by atoms with E-state index in [1.54, 1.807) is 13.2 Å². The zero-order valence-corrected chi connectivity index (χ0v) is 18.8. The summed E-state index contributed by atoms with van der Waals surface area (Å²) in [6.45, 7) is 0.136. The fraction of sp³-hybridized carbons (Fsp3) is 0.125. The number of benzene rings is 3. The van der Waals surface area contributed by atoms with Gasteiger partial charge in [0.15, 0.2) is 5.82 Å². The Bertz CT molecular complexity index is 1210. The summed E-state index contributed by atoms with van der Waals surface area (Å²) in [6, 6.07) is 25.0. The van der Waals surface area contributed by atoms with Crippen molar-refractivity contribution in [2.75, 3.05) is 24.0 Å². The summed E-state index contributed by atoms with van der Waals surface area (Å²) in [5.41, 5.74) is 2.93. The number of hydrogen-bond acceptors (Lipinski definition) is 7. The normalized spacial score (nSPS) is 10.6. The fourth-order valence-corrected chi connectivity index (χ4v) is 3.72. The Balaban J connectivity index is 1.28. The Labute approximate surface area is 195 Å². The van der Waals surface area contributed by atoms with E-state index in [0.29, 0.717) is 22.5 Å². The summed E-state index contributed by atoms with van der Waals surface area (Å²) >= 11 is 1.20. The van der Waals surface area contributed by atoms with Crippen molar-refractivity contribution >= 4 is 23.4 Å². The van der Waals surface area contributed by atoms with Crippen LogP contribution in [0.1, 0.15) is 5.82 Å². The quantitative estimate of drug-likeness (QED) is 0.287. The second-order valence-corrected chi connectivity index (χ2v) is 7.96. The van der Waals surface area contributed by atoms with Crippen LogP contribution in [-0.4, -0.2) is 33.6 Å². The number of amides is 1. The molecule has 0 fully saturated rings. The lowest BCUT2D eigenvalue weighted by Crippen LogP contribution is -2.18. The van der Waals surface area contributed by atoms with Crippen LogP contribution in [0.15, 0.2) is 84.0 Å². The third kappa shape index (κ3) is 5.83. The molecular weight excluding hydrogens is 438 g/mol. The number of nitrogen functional groups attached to an aromatic ring is 1. The van der Waals surface area contributed by atoms with Gasteiger partial charge in [-0.25, -0.2) is 4.68 Å². The van der Waals surface area contributed by atoms with Crippen LogP contribution in [0.5, 0.6) is 11.5 Å². The molecule has 0 unspecified atom stereocenters. The smallest absolute Gasteiger partial charge is 0.234 e. The summed E-state index contributed by atoms with van der Waals surface area (Å²) in [5, 5.41) is 11.4. The average Bonchev–Trinajstić information content (AvgIpc) is 3.21. The maximum atomic E-state index is 12.4. The van der Waals surface area contributed by atoms with Crippen molar-refractivity contribution in [3.05, 3.63) is 84.7 Å². The van der Waals surface area contributed by atoms with Gasteiger partial charge in [0, 0.05) is 11.8 Å². The molecule has 0 spiro atoms. The molecule has 1 aromatic heterocycles. The van der Waals surface area contributed by atoms with E-state index in [9.17, 15) is 4.79 Å². The average molecular weight is 462 g/mol. The minimum atomic E-state index is -0.162. The number of nitrogens with two attached hydrogens (primary N) is 1. The molecule has 4 aromatic rings. The summed E-state index contributed by atoms with van der Waals surface area (Å²) in [4.78, 5) is 12.4. The van der Waals surface area contributed by atoms with Crippen LogP contribution in [0.2, 0.25) is 0 Å². The van der Waals surface area contributed by atoms with Crippen molar-refractivity contribution < 1.29 is 14.3 Å². The van der Waals surface area contributed by atoms with Gasteiger partial charge in [-0.1, -0.05) is 60.3 Å². The number of anilines is 1. The lowest BCUT2D eigenvalue weighted by atomic mass is 10.1. The van der Waals surface area contributed by atoms with E-state index >= 15 is 0 Å². The number of ether oxygens (including phenoxy) is 2. The predicted molar refractivity (Wildman–Crippen MR) is 129 cm³/mol. The van der Waals surface area contributed by atoms with Gasteiger partial charge in [0.05, 0.1) is 12.9 Å². The number of carbonyl (C=O) groups is 1. The molecule has 0 aliphatic rings. The lowest BCUT2D eigenvalue weighted by Gasteiger charge is -2.08. The molecule has 0 saturated carbocycles. The van der Waals surface area contributed by atoms with Gasteiger partial charge in [-0.3, -0.25) is 4.79 Å². The summed E-state index contributed by atoms with van der Waals surface area (Å²) in [6.07, 6.45) is 0. The van der Waals surface area contributed by atoms with Gasteiger partial charge in [0.2, 0.25) is 11.1 Å². The second kappa shape index (κ2) is 10.6. The molecule has 3 N–H and O–H groups in total. The van der Waals surface area contributed by atoms with Crippen LogP contribution in [0.4, 0.5) is 5.69 Å². The number of carbonyl (C=O) groups excluding carboxylic acids is 1. The number of aromatic nitrogens is 3. The highest BCUT2D eigenvalue weighted by atomic mass is 32.2. The van der Waals surface area contributed by atoms with Crippen molar-refractivity contribution in [1.29, 1.82) is 0 Å². The molecule has 4 rings (SSSR count). The van der Waals surface area contributed by atoms with Gasteiger partial charge in [0.25, 0.3) is 0 Å². The minimum absolute atomic E-state index is 0.136. The molecule has 0 aliphatic carbocycles. The van der Waals surface area contributed by atoms with Gasteiger partial charge in [-0.2, -0.15) is 0 Å².